The molecule has 2 nitrogen and oxygen atoms in total. The van der Waals surface area contributed by atoms with E-state index in [4.69, 9.17) is 5.11 Å². The first-order chi connectivity index (χ1) is 7.35. The number of hydrogen-bond donors (Lipinski definition) is 1. The van der Waals surface area contributed by atoms with Gasteiger partial charge in [0.05, 0.1) is 6.61 Å². The Hall–Kier alpha value is -1.28. The van der Waals surface area contributed by atoms with Crippen molar-refractivity contribution in [3.8, 4) is 0 Å². The fourth-order valence-corrected chi connectivity index (χ4v) is 1.85. The third-order valence-corrected chi connectivity index (χ3v) is 2.77. The van der Waals surface area contributed by atoms with E-state index in [1.165, 1.54) is 23.7 Å². The number of aliphatic hydroxyl groups excluding tert-OH is 1. The maximum absolute atomic E-state index is 9.09. The van der Waals surface area contributed by atoms with Crippen LogP contribution >= 0.6 is 0 Å². The highest BCUT2D eigenvalue weighted by Crippen LogP contribution is 2.18. The third kappa shape index (κ3) is 2.05. The second-order valence-electron chi connectivity index (χ2n) is 3.91. The van der Waals surface area contributed by atoms with Gasteiger partial charge in [0.25, 0.3) is 0 Å². The largest absolute Gasteiger partial charge is 0.392 e. The summed E-state index contributed by atoms with van der Waals surface area (Å²) >= 11 is 0. The Morgan fingerprint density at radius 1 is 1.27 bits per heavy atom. The zero-order chi connectivity index (χ0) is 10.7. The van der Waals surface area contributed by atoms with Gasteiger partial charge in [-0.1, -0.05) is 25.5 Å². The number of hydrogen-bond acceptors (Lipinski definition) is 1. The van der Waals surface area contributed by atoms with E-state index >= 15 is 0 Å². The van der Waals surface area contributed by atoms with Crippen molar-refractivity contribution in [1.29, 1.82) is 0 Å². The molecular weight excluding hydrogens is 186 g/mol. The smallest absolute Gasteiger partial charge is 0.0682 e. The summed E-state index contributed by atoms with van der Waals surface area (Å²) in [5.74, 6) is 0. The molecule has 0 bridgehead atoms. The van der Waals surface area contributed by atoms with Gasteiger partial charge in [0.15, 0.2) is 0 Å². The van der Waals surface area contributed by atoms with Crippen molar-refractivity contribution in [3.05, 3.63) is 36.0 Å². The van der Waals surface area contributed by atoms with Crippen LogP contribution in [0.5, 0.6) is 0 Å². The average molecular weight is 203 g/mol. The van der Waals surface area contributed by atoms with E-state index in [0.717, 1.165) is 12.1 Å². The first kappa shape index (κ1) is 10.2. The molecule has 80 valence electrons. The number of aromatic nitrogens is 1. The van der Waals surface area contributed by atoms with Gasteiger partial charge in [-0.25, -0.2) is 0 Å². The molecule has 0 atom stereocenters. The van der Waals surface area contributed by atoms with Crippen molar-refractivity contribution >= 4 is 10.9 Å². The van der Waals surface area contributed by atoms with Crippen LogP contribution in [-0.2, 0) is 13.2 Å². The van der Waals surface area contributed by atoms with Crippen molar-refractivity contribution < 1.29 is 5.11 Å². The van der Waals surface area contributed by atoms with E-state index in [0.29, 0.717) is 0 Å². The average Bonchev–Trinajstić information content (AvgIpc) is 2.68. The lowest BCUT2D eigenvalue weighted by molar-refractivity contribution is 0.282. The van der Waals surface area contributed by atoms with Gasteiger partial charge in [0.1, 0.15) is 0 Å². The number of unbranched alkanes of at least 4 members (excludes halogenated alkanes) is 1. The molecular formula is C13H17NO. The highest BCUT2D eigenvalue weighted by atomic mass is 16.3. The topological polar surface area (TPSA) is 25.2 Å². The van der Waals surface area contributed by atoms with Crippen LogP contribution in [-0.4, -0.2) is 9.67 Å². The molecule has 15 heavy (non-hydrogen) atoms. The van der Waals surface area contributed by atoms with Gasteiger partial charge in [-0.2, -0.15) is 0 Å². The molecule has 2 aromatic rings. The molecule has 2 heteroatoms. The Morgan fingerprint density at radius 2 is 2.13 bits per heavy atom. The van der Waals surface area contributed by atoms with Crippen molar-refractivity contribution in [2.75, 3.05) is 0 Å². The highest BCUT2D eigenvalue weighted by Gasteiger charge is 2.01. The van der Waals surface area contributed by atoms with Crippen LogP contribution in [0.4, 0.5) is 0 Å². The summed E-state index contributed by atoms with van der Waals surface area (Å²) in [4.78, 5) is 0. The number of nitrogens with zero attached hydrogens (tertiary/aromatic N) is 1. The summed E-state index contributed by atoms with van der Waals surface area (Å²) in [6, 6.07) is 8.26. The minimum Gasteiger partial charge on any atom is -0.392 e. The fraction of sp³-hybridized carbons (Fsp3) is 0.385. The number of fused-ring (bicyclic) bond motifs is 1. The van der Waals surface area contributed by atoms with Crippen LogP contribution < -0.4 is 0 Å². The molecule has 0 unspecified atom stereocenters. The van der Waals surface area contributed by atoms with Gasteiger partial charge >= 0.3 is 0 Å². The zero-order valence-electron chi connectivity index (χ0n) is 9.11. The van der Waals surface area contributed by atoms with Gasteiger partial charge in [-0.3, -0.25) is 0 Å². The monoisotopic (exact) mass is 203 g/mol. The zero-order valence-corrected chi connectivity index (χ0v) is 9.11. The summed E-state index contributed by atoms with van der Waals surface area (Å²) in [5, 5.41) is 10.3. The maximum atomic E-state index is 9.09. The molecule has 1 heterocycles. The van der Waals surface area contributed by atoms with Gasteiger partial charge in [-0.15, -0.1) is 0 Å². The number of aliphatic hydroxyl groups is 1. The summed E-state index contributed by atoms with van der Waals surface area (Å²) in [6.07, 6.45) is 4.54. The molecule has 0 aliphatic rings. The number of aryl methyl sites for hydroxylation is 1. The minimum atomic E-state index is 0.120. The molecule has 0 fully saturated rings. The van der Waals surface area contributed by atoms with Gasteiger partial charge < -0.3 is 9.67 Å². The summed E-state index contributed by atoms with van der Waals surface area (Å²) < 4.78 is 2.26. The van der Waals surface area contributed by atoms with Crippen molar-refractivity contribution in [2.24, 2.45) is 0 Å². The van der Waals surface area contributed by atoms with Crippen LogP contribution in [0.3, 0.4) is 0 Å². The molecule has 1 aromatic carbocycles. The normalized spacial score (nSPS) is 11.1. The first-order valence-electron chi connectivity index (χ1n) is 5.53. The molecule has 0 saturated carbocycles. The van der Waals surface area contributed by atoms with E-state index in [-0.39, 0.29) is 6.61 Å². The Bertz CT molecular complexity index is 445. The van der Waals surface area contributed by atoms with Crippen molar-refractivity contribution in [3.63, 3.8) is 0 Å². The summed E-state index contributed by atoms with van der Waals surface area (Å²) in [6.45, 7) is 3.38. The van der Waals surface area contributed by atoms with Crippen LogP contribution in [0.2, 0.25) is 0 Å². The van der Waals surface area contributed by atoms with E-state index < -0.39 is 0 Å². The molecule has 0 radical (unpaired) electrons. The molecule has 0 aliphatic heterocycles. The lowest BCUT2D eigenvalue weighted by Gasteiger charge is -2.05. The molecule has 0 amide bonds. The second kappa shape index (κ2) is 4.49. The molecule has 0 spiro atoms. The molecule has 0 saturated heterocycles. The van der Waals surface area contributed by atoms with Gasteiger partial charge in [0, 0.05) is 18.3 Å². The third-order valence-electron chi connectivity index (χ3n) is 2.77. The molecule has 1 N–H and O–H groups in total. The van der Waals surface area contributed by atoms with E-state index in [9.17, 15) is 0 Å². The summed E-state index contributed by atoms with van der Waals surface area (Å²) in [5.41, 5.74) is 2.22. The number of rotatable bonds is 4. The van der Waals surface area contributed by atoms with Crippen LogP contribution in [0.25, 0.3) is 10.9 Å². The lowest BCUT2D eigenvalue weighted by Crippen LogP contribution is -1.95. The predicted molar refractivity (Wildman–Crippen MR) is 62.8 cm³/mol. The quantitative estimate of drug-likeness (QED) is 0.812. The van der Waals surface area contributed by atoms with E-state index in [1.807, 2.05) is 6.07 Å². The summed E-state index contributed by atoms with van der Waals surface area (Å²) in [7, 11) is 0. The van der Waals surface area contributed by atoms with Crippen LogP contribution in [0, 0.1) is 0 Å². The number of benzene rings is 1. The Balaban J connectivity index is 2.38. The fourth-order valence-electron chi connectivity index (χ4n) is 1.85. The van der Waals surface area contributed by atoms with Crippen molar-refractivity contribution in [2.45, 2.75) is 32.9 Å². The second-order valence-corrected chi connectivity index (χ2v) is 3.91. The van der Waals surface area contributed by atoms with Crippen LogP contribution in [0.1, 0.15) is 25.3 Å². The molecule has 1 aromatic heterocycles. The van der Waals surface area contributed by atoms with Crippen LogP contribution in [0.15, 0.2) is 30.5 Å². The minimum absolute atomic E-state index is 0.120. The van der Waals surface area contributed by atoms with E-state index in [1.54, 1.807) is 0 Å². The Morgan fingerprint density at radius 3 is 2.87 bits per heavy atom. The first-order valence-corrected chi connectivity index (χ1v) is 5.53. The Labute approximate surface area is 90.2 Å². The maximum Gasteiger partial charge on any atom is 0.0682 e. The van der Waals surface area contributed by atoms with Gasteiger partial charge in [-0.05, 0) is 29.5 Å². The Kier molecular flexibility index (Phi) is 3.07. The lowest BCUT2D eigenvalue weighted by atomic mass is 10.2. The standard InChI is InChI=1S/C13H17NO/c1-2-3-7-14-8-6-12-5-4-11(10-15)9-13(12)14/h4-6,8-9,15H,2-3,7,10H2,1H3. The molecule has 0 aliphatic carbocycles. The SMILES string of the molecule is CCCCn1ccc2ccc(CO)cc21. The van der Waals surface area contributed by atoms with Crippen molar-refractivity contribution in [1.82, 2.24) is 4.57 Å². The predicted octanol–water partition coefficient (Wildman–Crippen LogP) is 2.93. The van der Waals surface area contributed by atoms with E-state index in [2.05, 4.69) is 35.9 Å². The van der Waals surface area contributed by atoms with Gasteiger partial charge in [0.2, 0.25) is 0 Å². The highest BCUT2D eigenvalue weighted by molar-refractivity contribution is 5.80. The molecule has 2 rings (SSSR count).